The van der Waals surface area contributed by atoms with Crippen LogP contribution in [0.15, 0.2) is 46.9 Å². The third kappa shape index (κ3) is 6.90. The van der Waals surface area contributed by atoms with Gasteiger partial charge in [0.05, 0.1) is 11.8 Å². The van der Waals surface area contributed by atoms with Gasteiger partial charge in [-0.05, 0) is 32.8 Å². The van der Waals surface area contributed by atoms with Crippen LogP contribution in [0.25, 0.3) is 0 Å². The summed E-state index contributed by atoms with van der Waals surface area (Å²) < 4.78 is 0. The molecule has 0 aliphatic heterocycles. The van der Waals surface area contributed by atoms with E-state index in [0.717, 1.165) is 0 Å². The Hall–Kier alpha value is -3.68. The van der Waals surface area contributed by atoms with Crippen molar-refractivity contribution >= 4 is 34.7 Å². The SMILES string of the molecule is CC1(C)CC(=O)C([C@H](C2=C(O)CC(C)(C)CC2=O)c2ccc([C@H](C3=C(O)CC(C)(C)CC3=O)C3C(=O)CC(C)(C)CC3=O)cc2)C(=O)C1. The molecule has 0 spiro atoms. The summed E-state index contributed by atoms with van der Waals surface area (Å²) in [6.07, 6.45) is 1.36. The summed E-state index contributed by atoms with van der Waals surface area (Å²) in [5.74, 6) is -6.35. The fourth-order valence-corrected chi connectivity index (χ4v) is 8.83. The standard InChI is InChI=1S/C40H50O8/c1-37(2)13-23(41)33(24(42)14-37)31(34-25(43)15-38(3,4)16-26(34)44)21-9-11-22(12-10-21)32(35-27(45)17-39(5,6)18-28(35)46)36-29(47)19-40(7,8)20-30(36)48/h9-12,31-33,35,43,47H,13-20H2,1-8H3/t31-,32+. The summed E-state index contributed by atoms with van der Waals surface area (Å²) in [4.78, 5) is 82.0. The maximum Gasteiger partial charge on any atom is 0.163 e. The summed E-state index contributed by atoms with van der Waals surface area (Å²) in [7, 11) is 0. The van der Waals surface area contributed by atoms with Gasteiger partial charge in [0.1, 0.15) is 34.7 Å². The van der Waals surface area contributed by atoms with Gasteiger partial charge >= 0.3 is 0 Å². The molecule has 4 aliphatic carbocycles. The van der Waals surface area contributed by atoms with Crippen molar-refractivity contribution in [2.24, 2.45) is 33.5 Å². The van der Waals surface area contributed by atoms with E-state index >= 15 is 0 Å². The molecule has 2 atom stereocenters. The van der Waals surface area contributed by atoms with Gasteiger partial charge in [-0.3, -0.25) is 28.8 Å². The van der Waals surface area contributed by atoms with Gasteiger partial charge in [-0.2, -0.15) is 0 Å². The van der Waals surface area contributed by atoms with E-state index < -0.39 is 45.3 Å². The Morgan fingerprint density at radius 2 is 0.708 bits per heavy atom. The van der Waals surface area contributed by atoms with Crippen molar-refractivity contribution in [1.82, 2.24) is 0 Å². The normalized spacial score (nSPS) is 26.2. The summed E-state index contributed by atoms with van der Waals surface area (Å²) in [5, 5.41) is 22.6. The number of allylic oxidation sites excluding steroid dienone is 4. The zero-order valence-corrected chi connectivity index (χ0v) is 29.6. The third-order valence-corrected chi connectivity index (χ3v) is 10.7. The van der Waals surface area contributed by atoms with Crippen LogP contribution in [0, 0.1) is 33.5 Å². The molecule has 5 rings (SSSR count). The number of rotatable bonds is 6. The molecule has 0 aromatic heterocycles. The van der Waals surface area contributed by atoms with E-state index in [1.807, 2.05) is 55.4 Å². The minimum absolute atomic E-state index is 0.0786. The fraction of sp³-hybridized carbons (Fsp3) is 0.600. The Bertz CT molecular complexity index is 1500. The fourth-order valence-electron chi connectivity index (χ4n) is 8.83. The van der Waals surface area contributed by atoms with E-state index in [-0.39, 0.29) is 109 Å². The molecular formula is C40H50O8. The van der Waals surface area contributed by atoms with Crippen LogP contribution >= 0.6 is 0 Å². The maximum absolute atomic E-state index is 13.7. The van der Waals surface area contributed by atoms with Crippen LogP contribution in [0.3, 0.4) is 0 Å². The number of carbonyl (C=O) groups is 6. The van der Waals surface area contributed by atoms with Crippen molar-refractivity contribution in [3.05, 3.63) is 58.1 Å². The predicted octanol–water partition coefficient (Wildman–Crippen LogP) is 7.41. The van der Waals surface area contributed by atoms with Crippen LogP contribution in [0.4, 0.5) is 0 Å². The molecule has 8 nitrogen and oxygen atoms in total. The summed E-state index contributed by atoms with van der Waals surface area (Å²) in [6, 6.07) is 6.66. The molecular weight excluding hydrogens is 608 g/mol. The van der Waals surface area contributed by atoms with Gasteiger partial charge in [-0.25, -0.2) is 0 Å². The quantitative estimate of drug-likeness (QED) is 0.301. The van der Waals surface area contributed by atoms with E-state index in [2.05, 4.69) is 0 Å². The topological polar surface area (TPSA) is 143 Å². The van der Waals surface area contributed by atoms with E-state index in [4.69, 9.17) is 0 Å². The number of carbonyl (C=O) groups excluding carboxylic acids is 6. The molecule has 2 fully saturated rings. The van der Waals surface area contributed by atoms with Crippen molar-refractivity contribution in [1.29, 1.82) is 0 Å². The first kappa shape index (κ1) is 35.6. The summed E-state index contributed by atoms with van der Waals surface area (Å²) in [5.41, 5.74) is -0.925. The van der Waals surface area contributed by atoms with E-state index in [1.54, 1.807) is 24.3 Å². The molecule has 0 saturated heterocycles. The molecule has 2 saturated carbocycles. The lowest BCUT2D eigenvalue weighted by Crippen LogP contribution is -2.43. The maximum atomic E-state index is 13.7. The average molecular weight is 659 g/mol. The predicted molar refractivity (Wildman–Crippen MR) is 180 cm³/mol. The first-order valence-corrected chi connectivity index (χ1v) is 17.1. The molecule has 0 radical (unpaired) electrons. The monoisotopic (exact) mass is 658 g/mol. The highest BCUT2D eigenvalue weighted by atomic mass is 16.3. The lowest BCUT2D eigenvalue weighted by atomic mass is 9.61. The number of Topliss-reactive ketones (excluding diaryl/α,β-unsaturated/α-hetero) is 6. The van der Waals surface area contributed by atoms with Crippen molar-refractivity contribution in [2.75, 3.05) is 0 Å². The Labute approximate surface area is 283 Å². The third-order valence-electron chi connectivity index (χ3n) is 10.7. The molecule has 0 unspecified atom stereocenters. The van der Waals surface area contributed by atoms with Crippen LogP contribution in [0.2, 0.25) is 0 Å². The van der Waals surface area contributed by atoms with E-state index in [1.165, 1.54) is 0 Å². The minimum atomic E-state index is -1.15. The van der Waals surface area contributed by atoms with Gasteiger partial charge in [-0.1, -0.05) is 79.7 Å². The molecule has 4 aliphatic rings. The summed E-state index contributed by atoms with van der Waals surface area (Å²) >= 11 is 0. The van der Waals surface area contributed by atoms with Gasteiger partial charge in [0.25, 0.3) is 0 Å². The summed E-state index contributed by atoms with van der Waals surface area (Å²) in [6.45, 7) is 15.0. The average Bonchev–Trinajstić information content (AvgIpc) is 2.87. The van der Waals surface area contributed by atoms with Crippen LogP contribution in [-0.4, -0.2) is 44.9 Å². The van der Waals surface area contributed by atoms with Gasteiger partial charge in [0.2, 0.25) is 0 Å². The number of benzene rings is 1. The first-order chi connectivity index (χ1) is 22.0. The lowest BCUT2D eigenvalue weighted by molar-refractivity contribution is -0.142. The molecule has 1 aromatic rings. The number of aliphatic hydroxyl groups excluding tert-OH is 2. The van der Waals surface area contributed by atoms with Crippen LogP contribution in [0.5, 0.6) is 0 Å². The first-order valence-electron chi connectivity index (χ1n) is 17.1. The zero-order valence-electron chi connectivity index (χ0n) is 29.6. The van der Waals surface area contributed by atoms with E-state index in [0.29, 0.717) is 11.1 Å². The van der Waals surface area contributed by atoms with Crippen LogP contribution in [-0.2, 0) is 28.8 Å². The molecule has 258 valence electrons. The number of aliphatic hydroxyl groups is 2. The van der Waals surface area contributed by atoms with Crippen molar-refractivity contribution in [2.45, 2.75) is 119 Å². The van der Waals surface area contributed by atoms with Gasteiger partial charge in [0.15, 0.2) is 11.6 Å². The molecule has 1 aromatic carbocycles. The zero-order chi connectivity index (χ0) is 35.7. The molecule has 0 bridgehead atoms. The van der Waals surface area contributed by atoms with Crippen molar-refractivity contribution < 1.29 is 39.0 Å². The van der Waals surface area contributed by atoms with Crippen LogP contribution in [0.1, 0.15) is 130 Å². The second-order valence-corrected chi connectivity index (χ2v) is 18.1. The van der Waals surface area contributed by atoms with Gasteiger partial charge < -0.3 is 10.2 Å². The highest BCUT2D eigenvalue weighted by Crippen LogP contribution is 2.50. The Morgan fingerprint density at radius 3 is 0.958 bits per heavy atom. The lowest BCUT2D eigenvalue weighted by Gasteiger charge is -2.40. The molecule has 0 amide bonds. The van der Waals surface area contributed by atoms with Crippen molar-refractivity contribution in [3.63, 3.8) is 0 Å². The largest absolute Gasteiger partial charge is 0.512 e. The number of hydrogen-bond acceptors (Lipinski definition) is 8. The van der Waals surface area contributed by atoms with Crippen molar-refractivity contribution in [3.8, 4) is 0 Å². The Balaban J connectivity index is 1.65. The van der Waals surface area contributed by atoms with E-state index in [9.17, 15) is 39.0 Å². The van der Waals surface area contributed by atoms with Crippen LogP contribution < -0.4 is 0 Å². The minimum Gasteiger partial charge on any atom is -0.512 e. The molecule has 8 heteroatoms. The van der Waals surface area contributed by atoms with Gasteiger partial charge in [-0.15, -0.1) is 0 Å². The molecule has 2 N–H and O–H groups in total. The number of ketones is 6. The molecule has 48 heavy (non-hydrogen) atoms. The number of hydrogen-bond donors (Lipinski definition) is 2. The Kier molecular flexibility index (Phi) is 8.93. The smallest absolute Gasteiger partial charge is 0.163 e. The highest BCUT2D eigenvalue weighted by Gasteiger charge is 2.50. The van der Waals surface area contributed by atoms with Gasteiger partial charge in [0, 0.05) is 74.3 Å². The Morgan fingerprint density at radius 1 is 0.458 bits per heavy atom. The molecule has 0 heterocycles. The second-order valence-electron chi connectivity index (χ2n) is 18.1. The highest BCUT2D eigenvalue weighted by molar-refractivity contribution is 6.10. The second kappa shape index (κ2) is 12.0.